The van der Waals surface area contributed by atoms with Gasteiger partial charge in [0, 0.05) is 24.2 Å². The lowest BCUT2D eigenvalue weighted by Gasteiger charge is -2.22. The van der Waals surface area contributed by atoms with Gasteiger partial charge in [-0.2, -0.15) is 0 Å². The smallest absolute Gasteiger partial charge is 0.260 e. The fourth-order valence-electron chi connectivity index (χ4n) is 3.49. The van der Waals surface area contributed by atoms with Crippen molar-refractivity contribution in [2.75, 3.05) is 6.54 Å². The van der Waals surface area contributed by atoms with Gasteiger partial charge in [0.05, 0.1) is 10.8 Å². The Morgan fingerprint density at radius 1 is 1.13 bits per heavy atom. The molecule has 2 amide bonds. The predicted molar refractivity (Wildman–Crippen MR) is 117 cm³/mol. The molecule has 6 nitrogen and oxygen atoms in total. The molecule has 0 saturated carbocycles. The molecule has 2 heterocycles. The fraction of sp³-hybridized carbons (Fsp3) is 0.273. The van der Waals surface area contributed by atoms with Gasteiger partial charge in [-0.05, 0) is 49.2 Å². The molecule has 1 fully saturated rings. The number of thioether (sulfide) groups is 1. The van der Waals surface area contributed by atoms with E-state index in [2.05, 4.69) is 10.2 Å². The van der Waals surface area contributed by atoms with Crippen LogP contribution in [-0.4, -0.2) is 43.3 Å². The van der Waals surface area contributed by atoms with Crippen LogP contribution >= 0.6 is 23.4 Å². The lowest BCUT2D eigenvalue weighted by atomic mass is 10.2. The molecule has 0 bridgehead atoms. The number of benzene rings is 2. The Kier molecular flexibility index (Phi) is 6.38. The van der Waals surface area contributed by atoms with Crippen LogP contribution in [0.5, 0.6) is 0 Å². The topological polar surface area (TPSA) is 68.1 Å². The first-order valence-corrected chi connectivity index (χ1v) is 11.1. The van der Waals surface area contributed by atoms with Gasteiger partial charge in [0.1, 0.15) is 5.82 Å². The van der Waals surface area contributed by atoms with Crippen molar-refractivity contribution in [3.05, 3.63) is 64.9 Å². The summed E-state index contributed by atoms with van der Waals surface area (Å²) in [7, 11) is 1.74. The molecule has 9 heteroatoms. The van der Waals surface area contributed by atoms with Gasteiger partial charge in [-0.1, -0.05) is 41.9 Å². The van der Waals surface area contributed by atoms with Crippen LogP contribution in [0.1, 0.15) is 29.6 Å². The van der Waals surface area contributed by atoms with Crippen LogP contribution in [0.15, 0.2) is 53.7 Å². The van der Waals surface area contributed by atoms with Crippen LogP contribution in [0.3, 0.4) is 0 Å². The Balaban J connectivity index is 1.56. The van der Waals surface area contributed by atoms with Crippen LogP contribution in [0.25, 0.3) is 11.4 Å². The van der Waals surface area contributed by atoms with Crippen LogP contribution in [0.2, 0.25) is 5.02 Å². The average Bonchev–Trinajstić information content (AvgIpc) is 3.02. The van der Waals surface area contributed by atoms with Crippen molar-refractivity contribution in [1.82, 2.24) is 19.7 Å². The van der Waals surface area contributed by atoms with E-state index >= 15 is 0 Å². The summed E-state index contributed by atoms with van der Waals surface area (Å²) < 4.78 is 15.8. The number of carbonyl (C=O) groups is 2. The molecule has 31 heavy (non-hydrogen) atoms. The molecule has 3 aromatic rings. The molecule has 1 aliphatic rings. The number of halogens is 2. The number of hydrogen-bond donors (Lipinski definition) is 0. The highest BCUT2D eigenvalue weighted by atomic mass is 35.5. The normalized spacial score (nSPS) is 16.9. The van der Waals surface area contributed by atoms with E-state index < -0.39 is 5.25 Å². The molecule has 1 aliphatic heterocycles. The molecule has 0 aliphatic carbocycles. The SMILES string of the molecule is Cn1c(SC2CCCCN(C(=O)c3ccc(Cl)cc3)C2=O)nnc1-c1ccccc1F. The molecular weight excluding hydrogens is 439 g/mol. The second kappa shape index (κ2) is 9.20. The second-order valence-electron chi connectivity index (χ2n) is 7.25. The molecule has 0 radical (unpaired) electrons. The number of imide groups is 1. The first kappa shape index (κ1) is 21.5. The van der Waals surface area contributed by atoms with Gasteiger partial charge >= 0.3 is 0 Å². The number of aromatic nitrogens is 3. The quantitative estimate of drug-likeness (QED) is 0.535. The van der Waals surface area contributed by atoms with E-state index in [-0.39, 0.29) is 17.6 Å². The van der Waals surface area contributed by atoms with E-state index in [1.165, 1.54) is 22.7 Å². The van der Waals surface area contributed by atoms with Gasteiger partial charge in [0.25, 0.3) is 5.91 Å². The lowest BCUT2D eigenvalue weighted by molar-refractivity contribution is -0.127. The molecule has 0 spiro atoms. The van der Waals surface area contributed by atoms with Gasteiger partial charge < -0.3 is 4.57 Å². The molecule has 1 atom stereocenters. The highest BCUT2D eigenvalue weighted by Gasteiger charge is 2.33. The van der Waals surface area contributed by atoms with Crippen LogP contribution in [0, 0.1) is 5.82 Å². The van der Waals surface area contributed by atoms with Crippen LogP contribution in [-0.2, 0) is 11.8 Å². The summed E-state index contributed by atoms with van der Waals surface area (Å²) in [5, 5.41) is 8.84. The van der Waals surface area contributed by atoms with Crippen molar-refractivity contribution in [2.24, 2.45) is 7.05 Å². The van der Waals surface area contributed by atoms with Crippen molar-refractivity contribution in [3.8, 4) is 11.4 Å². The highest BCUT2D eigenvalue weighted by Crippen LogP contribution is 2.32. The van der Waals surface area contributed by atoms with Crippen molar-refractivity contribution in [3.63, 3.8) is 0 Å². The molecule has 1 saturated heterocycles. The largest absolute Gasteiger partial charge is 0.305 e. The van der Waals surface area contributed by atoms with Crippen molar-refractivity contribution >= 4 is 35.2 Å². The Hall–Kier alpha value is -2.71. The minimum atomic E-state index is -0.477. The van der Waals surface area contributed by atoms with Crippen molar-refractivity contribution in [1.29, 1.82) is 0 Å². The number of rotatable bonds is 4. The zero-order valence-corrected chi connectivity index (χ0v) is 18.4. The van der Waals surface area contributed by atoms with E-state index in [1.54, 1.807) is 54.1 Å². The number of amides is 2. The second-order valence-corrected chi connectivity index (χ2v) is 8.86. The zero-order valence-electron chi connectivity index (χ0n) is 16.8. The number of likely N-dealkylation sites (tertiary alicyclic amines) is 1. The lowest BCUT2D eigenvalue weighted by Crippen LogP contribution is -2.41. The maximum Gasteiger partial charge on any atom is 0.260 e. The molecular formula is C22H20ClFN4O2S. The number of carbonyl (C=O) groups excluding carboxylic acids is 2. The standard InChI is InChI=1S/C22H20ClFN4O2S/c1-27-19(16-6-2-3-7-17(16)24)25-26-22(27)31-18-8-4-5-13-28(21(18)30)20(29)14-9-11-15(23)12-10-14/h2-3,6-7,9-12,18H,4-5,8,13H2,1H3. The number of nitrogens with zero attached hydrogens (tertiary/aromatic N) is 4. The van der Waals surface area contributed by atoms with Crippen molar-refractivity contribution in [2.45, 2.75) is 29.7 Å². The predicted octanol–water partition coefficient (Wildman–Crippen LogP) is 4.59. The van der Waals surface area contributed by atoms with Gasteiger partial charge in [-0.15, -0.1) is 10.2 Å². The highest BCUT2D eigenvalue weighted by molar-refractivity contribution is 8.00. The fourth-order valence-corrected chi connectivity index (χ4v) is 4.71. The van der Waals surface area contributed by atoms with Crippen LogP contribution in [0.4, 0.5) is 4.39 Å². The van der Waals surface area contributed by atoms with Crippen LogP contribution < -0.4 is 0 Å². The Labute approximate surface area is 188 Å². The zero-order chi connectivity index (χ0) is 22.0. The molecule has 2 aromatic carbocycles. The van der Waals surface area contributed by atoms with Gasteiger partial charge in [-0.25, -0.2) is 4.39 Å². The summed E-state index contributed by atoms with van der Waals surface area (Å²) in [5.41, 5.74) is 0.764. The summed E-state index contributed by atoms with van der Waals surface area (Å²) in [6, 6.07) is 12.8. The summed E-state index contributed by atoms with van der Waals surface area (Å²) in [6.45, 7) is 0.372. The summed E-state index contributed by atoms with van der Waals surface area (Å²) in [4.78, 5) is 27.5. The molecule has 1 aromatic heterocycles. The summed E-state index contributed by atoms with van der Waals surface area (Å²) in [6.07, 6.45) is 2.17. The average molecular weight is 459 g/mol. The van der Waals surface area contributed by atoms with E-state index in [1.807, 2.05) is 0 Å². The maximum atomic E-state index is 14.2. The summed E-state index contributed by atoms with van der Waals surface area (Å²) in [5.74, 6) is -0.590. The molecule has 160 valence electrons. The Morgan fingerprint density at radius 2 is 1.87 bits per heavy atom. The van der Waals surface area contributed by atoms with E-state index in [0.717, 1.165) is 12.8 Å². The first-order chi connectivity index (χ1) is 15.0. The van der Waals surface area contributed by atoms with E-state index in [0.29, 0.717) is 40.1 Å². The first-order valence-electron chi connectivity index (χ1n) is 9.88. The molecule has 0 N–H and O–H groups in total. The third kappa shape index (κ3) is 4.50. The van der Waals surface area contributed by atoms with Gasteiger partial charge in [0.15, 0.2) is 11.0 Å². The van der Waals surface area contributed by atoms with Gasteiger partial charge in [-0.3, -0.25) is 14.5 Å². The monoisotopic (exact) mass is 458 g/mol. The van der Waals surface area contributed by atoms with Crippen molar-refractivity contribution < 1.29 is 14.0 Å². The van der Waals surface area contributed by atoms with Gasteiger partial charge in [0.2, 0.25) is 5.91 Å². The van der Waals surface area contributed by atoms with E-state index in [9.17, 15) is 14.0 Å². The Bertz CT molecular complexity index is 1120. The number of hydrogen-bond acceptors (Lipinski definition) is 5. The Morgan fingerprint density at radius 3 is 2.61 bits per heavy atom. The van der Waals surface area contributed by atoms with E-state index in [4.69, 9.17) is 11.6 Å². The molecule has 4 rings (SSSR count). The minimum Gasteiger partial charge on any atom is -0.305 e. The third-order valence-corrected chi connectivity index (χ3v) is 6.71. The molecule has 1 unspecified atom stereocenters. The minimum absolute atomic E-state index is 0.252. The summed E-state index contributed by atoms with van der Waals surface area (Å²) >= 11 is 7.16. The third-order valence-electron chi connectivity index (χ3n) is 5.17. The maximum absolute atomic E-state index is 14.2.